The highest BCUT2D eigenvalue weighted by Crippen LogP contribution is 2.18. The number of aromatic nitrogens is 3. The maximum atomic E-state index is 12.7. The molecule has 0 radical (unpaired) electrons. The Morgan fingerprint density at radius 1 is 1.12 bits per heavy atom. The number of carbonyl (C=O) groups is 1. The molecule has 132 valence electrons. The summed E-state index contributed by atoms with van der Waals surface area (Å²) in [5.74, 6) is 0.801. The molecule has 0 saturated carbocycles. The number of amides is 1. The Balaban J connectivity index is 1.63. The summed E-state index contributed by atoms with van der Waals surface area (Å²) < 4.78 is 0. The molecule has 0 spiro atoms. The minimum Gasteiger partial charge on any atom is -0.357 e. The largest absolute Gasteiger partial charge is 0.357 e. The molecule has 0 aliphatic carbocycles. The summed E-state index contributed by atoms with van der Waals surface area (Å²) in [4.78, 5) is 29.2. The Hall–Kier alpha value is -2.50. The van der Waals surface area contributed by atoms with E-state index >= 15 is 0 Å². The molecular formula is C19H25N5O. The summed E-state index contributed by atoms with van der Waals surface area (Å²) in [6, 6.07) is 5.78. The molecule has 0 bridgehead atoms. The van der Waals surface area contributed by atoms with Gasteiger partial charge in [-0.3, -0.25) is 9.78 Å². The van der Waals surface area contributed by atoms with Gasteiger partial charge in [0.15, 0.2) is 0 Å². The molecule has 2 aromatic heterocycles. The molecule has 6 heteroatoms. The van der Waals surface area contributed by atoms with Crippen LogP contribution in [0.4, 0.5) is 5.82 Å². The van der Waals surface area contributed by atoms with E-state index in [4.69, 9.17) is 0 Å². The van der Waals surface area contributed by atoms with Crippen molar-refractivity contribution in [3.63, 3.8) is 0 Å². The van der Waals surface area contributed by atoms with E-state index < -0.39 is 0 Å². The van der Waals surface area contributed by atoms with E-state index in [0.29, 0.717) is 12.2 Å². The predicted octanol–water partition coefficient (Wildman–Crippen LogP) is 2.57. The first-order valence-corrected chi connectivity index (χ1v) is 8.95. The zero-order valence-corrected chi connectivity index (χ0v) is 14.8. The molecular weight excluding hydrogens is 314 g/mol. The van der Waals surface area contributed by atoms with E-state index in [1.54, 1.807) is 17.3 Å². The minimum absolute atomic E-state index is 0.0625. The van der Waals surface area contributed by atoms with Crippen LogP contribution < -0.4 is 4.90 Å². The summed E-state index contributed by atoms with van der Waals surface area (Å²) in [5, 5.41) is 0. The highest BCUT2D eigenvalue weighted by atomic mass is 16.2. The molecule has 1 aliphatic rings. The number of likely N-dealkylation sites (N-methyl/N-ethyl adjacent to an activating group) is 1. The van der Waals surface area contributed by atoms with E-state index in [1.807, 2.05) is 25.2 Å². The topological polar surface area (TPSA) is 62.2 Å². The predicted molar refractivity (Wildman–Crippen MR) is 97.6 cm³/mol. The summed E-state index contributed by atoms with van der Waals surface area (Å²) in [6.07, 6.45) is 10.7. The Morgan fingerprint density at radius 3 is 2.56 bits per heavy atom. The van der Waals surface area contributed by atoms with Crippen molar-refractivity contribution in [1.82, 2.24) is 19.9 Å². The van der Waals surface area contributed by atoms with Crippen molar-refractivity contribution in [2.24, 2.45) is 0 Å². The monoisotopic (exact) mass is 339 g/mol. The third-order valence-electron chi connectivity index (χ3n) is 4.63. The minimum atomic E-state index is -0.0625. The Labute approximate surface area is 148 Å². The van der Waals surface area contributed by atoms with Crippen molar-refractivity contribution >= 4 is 11.7 Å². The van der Waals surface area contributed by atoms with Crippen molar-refractivity contribution in [3.05, 3.63) is 48.2 Å². The summed E-state index contributed by atoms with van der Waals surface area (Å²) in [5.41, 5.74) is 1.63. The third kappa shape index (κ3) is 4.75. The fourth-order valence-electron chi connectivity index (χ4n) is 3.08. The SMILES string of the molecule is CN(CCc1ccncc1)C(=O)c1cc(N2CCCCCC2)ncn1. The van der Waals surface area contributed by atoms with E-state index in [0.717, 1.165) is 25.3 Å². The van der Waals surface area contributed by atoms with Crippen LogP contribution in [0.5, 0.6) is 0 Å². The summed E-state index contributed by atoms with van der Waals surface area (Å²) >= 11 is 0. The molecule has 0 unspecified atom stereocenters. The highest BCUT2D eigenvalue weighted by molar-refractivity contribution is 5.92. The van der Waals surface area contributed by atoms with Gasteiger partial charge in [0.25, 0.3) is 5.91 Å². The van der Waals surface area contributed by atoms with Gasteiger partial charge in [0.1, 0.15) is 17.8 Å². The molecule has 1 fully saturated rings. The number of hydrogen-bond acceptors (Lipinski definition) is 5. The van der Waals surface area contributed by atoms with Crippen LogP contribution in [0.3, 0.4) is 0 Å². The zero-order chi connectivity index (χ0) is 17.5. The molecule has 0 aromatic carbocycles. The molecule has 1 saturated heterocycles. The second kappa shape index (κ2) is 8.55. The van der Waals surface area contributed by atoms with Crippen LogP contribution in [0.25, 0.3) is 0 Å². The quantitative estimate of drug-likeness (QED) is 0.838. The summed E-state index contributed by atoms with van der Waals surface area (Å²) in [7, 11) is 1.82. The molecule has 1 aliphatic heterocycles. The molecule has 0 N–H and O–H groups in total. The normalized spacial score (nSPS) is 14.8. The van der Waals surface area contributed by atoms with E-state index in [-0.39, 0.29) is 5.91 Å². The van der Waals surface area contributed by atoms with Crippen LogP contribution in [0.1, 0.15) is 41.7 Å². The Kier molecular flexibility index (Phi) is 5.93. The van der Waals surface area contributed by atoms with Gasteiger partial charge < -0.3 is 9.80 Å². The fourth-order valence-corrected chi connectivity index (χ4v) is 3.08. The van der Waals surface area contributed by atoms with Gasteiger partial charge in [0, 0.05) is 45.1 Å². The second-order valence-corrected chi connectivity index (χ2v) is 6.49. The van der Waals surface area contributed by atoms with E-state index in [9.17, 15) is 4.79 Å². The van der Waals surface area contributed by atoms with E-state index in [2.05, 4.69) is 19.9 Å². The summed E-state index contributed by atoms with van der Waals surface area (Å²) in [6.45, 7) is 2.65. The average molecular weight is 339 g/mol. The number of rotatable bonds is 5. The lowest BCUT2D eigenvalue weighted by Gasteiger charge is -2.22. The van der Waals surface area contributed by atoms with Crippen molar-refractivity contribution in [1.29, 1.82) is 0 Å². The Morgan fingerprint density at radius 2 is 1.84 bits per heavy atom. The van der Waals surface area contributed by atoms with Gasteiger partial charge >= 0.3 is 0 Å². The van der Waals surface area contributed by atoms with Crippen molar-refractivity contribution < 1.29 is 4.79 Å². The first kappa shape index (κ1) is 17.3. The standard InChI is InChI=1S/C19H25N5O/c1-23(13-8-16-6-9-20-10-7-16)19(25)17-14-18(22-15-21-17)24-11-4-2-3-5-12-24/h6-7,9-10,14-15H,2-5,8,11-13H2,1H3. The number of nitrogens with zero attached hydrogens (tertiary/aromatic N) is 5. The third-order valence-corrected chi connectivity index (χ3v) is 4.63. The average Bonchev–Trinajstić information content (AvgIpc) is 2.96. The lowest BCUT2D eigenvalue weighted by atomic mass is 10.2. The van der Waals surface area contributed by atoms with Gasteiger partial charge in [-0.05, 0) is 37.0 Å². The molecule has 1 amide bonds. The molecule has 0 atom stereocenters. The zero-order valence-electron chi connectivity index (χ0n) is 14.8. The molecule has 3 rings (SSSR count). The van der Waals surface area contributed by atoms with Crippen LogP contribution in [0, 0.1) is 0 Å². The fraction of sp³-hybridized carbons (Fsp3) is 0.474. The first-order valence-electron chi connectivity index (χ1n) is 8.95. The Bertz CT molecular complexity index is 683. The first-order chi connectivity index (χ1) is 12.2. The van der Waals surface area contributed by atoms with Gasteiger partial charge in [0.05, 0.1) is 0 Å². The van der Waals surface area contributed by atoms with Crippen molar-refractivity contribution in [3.8, 4) is 0 Å². The van der Waals surface area contributed by atoms with Gasteiger partial charge in [-0.2, -0.15) is 0 Å². The lowest BCUT2D eigenvalue weighted by Crippen LogP contribution is -2.30. The van der Waals surface area contributed by atoms with Crippen LogP contribution in [-0.4, -0.2) is 52.4 Å². The molecule has 25 heavy (non-hydrogen) atoms. The number of pyridine rings is 1. The highest BCUT2D eigenvalue weighted by Gasteiger charge is 2.17. The van der Waals surface area contributed by atoms with E-state index in [1.165, 1.54) is 37.6 Å². The van der Waals surface area contributed by atoms with Crippen LogP contribution >= 0.6 is 0 Å². The van der Waals surface area contributed by atoms with Gasteiger partial charge in [0.2, 0.25) is 0 Å². The number of hydrogen-bond donors (Lipinski definition) is 0. The second-order valence-electron chi connectivity index (χ2n) is 6.49. The maximum Gasteiger partial charge on any atom is 0.272 e. The maximum absolute atomic E-state index is 12.7. The molecule has 3 heterocycles. The van der Waals surface area contributed by atoms with Crippen molar-refractivity contribution in [2.45, 2.75) is 32.1 Å². The lowest BCUT2D eigenvalue weighted by molar-refractivity contribution is 0.0790. The van der Waals surface area contributed by atoms with Crippen LogP contribution in [0.2, 0.25) is 0 Å². The van der Waals surface area contributed by atoms with Gasteiger partial charge in [-0.15, -0.1) is 0 Å². The smallest absolute Gasteiger partial charge is 0.272 e. The number of carbonyl (C=O) groups excluding carboxylic acids is 1. The van der Waals surface area contributed by atoms with Crippen LogP contribution in [-0.2, 0) is 6.42 Å². The van der Waals surface area contributed by atoms with Crippen molar-refractivity contribution in [2.75, 3.05) is 31.6 Å². The molecule has 6 nitrogen and oxygen atoms in total. The van der Waals surface area contributed by atoms with Gasteiger partial charge in [-0.1, -0.05) is 12.8 Å². The van der Waals surface area contributed by atoms with Crippen LogP contribution in [0.15, 0.2) is 36.9 Å². The molecule has 2 aromatic rings. The van der Waals surface area contributed by atoms with Gasteiger partial charge in [-0.25, -0.2) is 9.97 Å². The number of anilines is 1.